The lowest BCUT2D eigenvalue weighted by molar-refractivity contribution is 0.0938. The van der Waals surface area contributed by atoms with Gasteiger partial charge in [-0.3, -0.25) is 9.69 Å². The van der Waals surface area contributed by atoms with Gasteiger partial charge in [0.25, 0.3) is 5.91 Å². The molecule has 0 saturated carbocycles. The third-order valence-electron chi connectivity index (χ3n) is 4.73. The first kappa shape index (κ1) is 18.3. The van der Waals surface area contributed by atoms with Crippen molar-refractivity contribution in [2.24, 2.45) is 5.92 Å². The molecular formula is C20H27N5O. The van der Waals surface area contributed by atoms with Crippen LogP contribution in [0, 0.1) is 5.92 Å². The van der Waals surface area contributed by atoms with E-state index in [9.17, 15) is 4.79 Å². The zero-order valence-corrected chi connectivity index (χ0v) is 15.8. The quantitative estimate of drug-likeness (QED) is 0.860. The van der Waals surface area contributed by atoms with E-state index in [-0.39, 0.29) is 5.91 Å². The van der Waals surface area contributed by atoms with Gasteiger partial charge in [0.15, 0.2) is 0 Å². The molecule has 0 bridgehead atoms. The number of nitrogens with zero attached hydrogens (tertiary/aromatic N) is 4. The van der Waals surface area contributed by atoms with Crippen LogP contribution in [0.5, 0.6) is 0 Å². The van der Waals surface area contributed by atoms with Crippen LogP contribution in [0.4, 0.5) is 5.82 Å². The normalized spacial score (nSPS) is 15.2. The third-order valence-corrected chi connectivity index (χ3v) is 4.73. The topological polar surface area (TPSA) is 61.4 Å². The molecule has 0 aliphatic carbocycles. The van der Waals surface area contributed by atoms with E-state index in [1.165, 1.54) is 17.5 Å². The summed E-state index contributed by atoms with van der Waals surface area (Å²) in [6.07, 6.45) is 2.53. The lowest BCUT2D eigenvalue weighted by Gasteiger charge is -2.30. The fourth-order valence-corrected chi connectivity index (χ4v) is 3.29. The maximum absolute atomic E-state index is 12.3. The molecule has 0 saturated heterocycles. The SMILES string of the molecule is CC(CNC(=O)c1cc(N(C)C)ncn1)CN1CCc2ccccc2C1. The molecule has 0 fully saturated rings. The van der Waals surface area contributed by atoms with Crippen LogP contribution < -0.4 is 10.2 Å². The first-order chi connectivity index (χ1) is 12.5. The first-order valence-electron chi connectivity index (χ1n) is 9.09. The van der Waals surface area contributed by atoms with Gasteiger partial charge in [-0.2, -0.15) is 0 Å². The minimum absolute atomic E-state index is 0.147. The Labute approximate surface area is 155 Å². The summed E-state index contributed by atoms with van der Waals surface area (Å²) in [5, 5.41) is 3.00. The lowest BCUT2D eigenvalue weighted by Crippen LogP contribution is -2.38. The summed E-state index contributed by atoms with van der Waals surface area (Å²) in [6.45, 7) is 5.85. The second-order valence-corrected chi connectivity index (χ2v) is 7.22. The summed E-state index contributed by atoms with van der Waals surface area (Å²) in [7, 11) is 3.78. The van der Waals surface area contributed by atoms with Crippen LogP contribution in [-0.4, -0.2) is 54.5 Å². The third kappa shape index (κ3) is 4.58. The molecule has 1 N–H and O–H groups in total. The molecule has 0 radical (unpaired) electrons. The minimum Gasteiger partial charge on any atom is -0.363 e. The van der Waals surface area contributed by atoms with Crippen molar-refractivity contribution < 1.29 is 4.79 Å². The van der Waals surface area contributed by atoms with Crippen LogP contribution in [0.2, 0.25) is 0 Å². The van der Waals surface area contributed by atoms with E-state index in [2.05, 4.69) is 51.4 Å². The Morgan fingerprint density at radius 2 is 2.04 bits per heavy atom. The molecule has 1 aromatic carbocycles. The highest BCUT2D eigenvalue weighted by Crippen LogP contribution is 2.19. The van der Waals surface area contributed by atoms with Gasteiger partial charge in [0.1, 0.15) is 17.8 Å². The molecule has 1 aliphatic heterocycles. The van der Waals surface area contributed by atoms with E-state index in [1.54, 1.807) is 6.07 Å². The number of benzene rings is 1. The van der Waals surface area contributed by atoms with Crippen molar-refractivity contribution in [2.45, 2.75) is 19.9 Å². The monoisotopic (exact) mass is 353 g/mol. The number of rotatable bonds is 6. The Morgan fingerprint density at radius 3 is 2.81 bits per heavy atom. The van der Waals surface area contributed by atoms with Crippen molar-refractivity contribution in [1.29, 1.82) is 0 Å². The van der Waals surface area contributed by atoms with Gasteiger partial charge in [-0.1, -0.05) is 31.2 Å². The van der Waals surface area contributed by atoms with Gasteiger partial charge in [0.05, 0.1) is 0 Å². The van der Waals surface area contributed by atoms with Gasteiger partial charge < -0.3 is 10.2 Å². The predicted octanol–water partition coefficient (Wildman–Crippen LogP) is 1.97. The number of carbonyl (C=O) groups is 1. The molecular weight excluding hydrogens is 326 g/mol. The maximum Gasteiger partial charge on any atom is 0.270 e. The molecule has 1 unspecified atom stereocenters. The predicted molar refractivity (Wildman–Crippen MR) is 103 cm³/mol. The van der Waals surface area contributed by atoms with Gasteiger partial charge in [0.2, 0.25) is 0 Å². The fourth-order valence-electron chi connectivity index (χ4n) is 3.29. The van der Waals surface area contributed by atoms with Crippen molar-refractivity contribution in [3.05, 3.63) is 53.5 Å². The summed E-state index contributed by atoms with van der Waals surface area (Å²) < 4.78 is 0. The second-order valence-electron chi connectivity index (χ2n) is 7.22. The number of hydrogen-bond acceptors (Lipinski definition) is 5. The molecule has 138 valence electrons. The molecule has 2 heterocycles. The van der Waals surface area contributed by atoms with Crippen LogP contribution in [0.25, 0.3) is 0 Å². The molecule has 1 atom stereocenters. The summed E-state index contributed by atoms with van der Waals surface area (Å²) in [6, 6.07) is 10.4. The molecule has 6 heteroatoms. The zero-order chi connectivity index (χ0) is 18.5. The Hall–Kier alpha value is -2.47. The molecule has 1 aliphatic rings. The number of aromatic nitrogens is 2. The van der Waals surface area contributed by atoms with E-state index < -0.39 is 0 Å². The molecule has 26 heavy (non-hydrogen) atoms. The highest BCUT2D eigenvalue weighted by molar-refractivity contribution is 5.92. The Kier molecular flexibility index (Phi) is 5.83. The number of hydrogen-bond donors (Lipinski definition) is 1. The second kappa shape index (κ2) is 8.27. The van der Waals surface area contributed by atoms with Crippen LogP contribution in [0.1, 0.15) is 28.5 Å². The molecule has 2 aromatic rings. The molecule has 1 amide bonds. The Bertz CT molecular complexity index is 761. The van der Waals surface area contributed by atoms with Crippen LogP contribution >= 0.6 is 0 Å². The first-order valence-corrected chi connectivity index (χ1v) is 9.09. The van der Waals surface area contributed by atoms with Gasteiger partial charge in [-0.15, -0.1) is 0 Å². The zero-order valence-electron chi connectivity index (χ0n) is 15.8. The number of amides is 1. The van der Waals surface area contributed by atoms with Crippen LogP contribution in [0.3, 0.4) is 0 Å². The van der Waals surface area contributed by atoms with E-state index in [0.29, 0.717) is 18.2 Å². The number of nitrogens with one attached hydrogen (secondary N) is 1. The molecule has 1 aromatic heterocycles. The van der Waals surface area contributed by atoms with Gasteiger partial charge in [0, 0.05) is 46.3 Å². The van der Waals surface area contributed by atoms with Gasteiger partial charge >= 0.3 is 0 Å². The van der Waals surface area contributed by atoms with Crippen molar-refractivity contribution in [2.75, 3.05) is 38.6 Å². The highest BCUT2D eigenvalue weighted by atomic mass is 16.1. The van der Waals surface area contributed by atoms with Crippen molar-refractivity contribution in [3.63, 3.8) is 0 Å². The summed E-state index contributed by atoms with van der Waals surface area (Å²) in [5.41, 5.74) is 3.29. The summed E-state index contributed by atoms with van der Waals surface area (Å²) in [4.78, 5) is 24.9. The fraction of sp³-hybridized carbons (Fsp3) is 0.450. The van der Waals surface area contributed by atoms with Crippen molar-refractivity contribution in [3.8, 4) is 0 Å². The lowest BCUT2D eigenvalue weighted by atomic mass is 9.99. The maximum atomic E-state index is 12.3. The standard InChI is InChI=1S/C20H27N5O/c1-15(12-25-9-8-16-6-4-5-7-17(16)13-25)11-21-20(26)18-10-19(24(2)3)23-14-22-18/h4-7,10,14-15H,8-9,11-13H2,1-3H3,(H,21,26). The van der Waals surface area contributed by atoms with Gasteiger partial charge in [-0.05, 0) is 23.5 Å². The number of anilines is 1. The van der Waals surface area contributed by atoms with E-state index >= 15 is 0 Å². The van der Waals surface area contributed by atoms with E-state index in [0.717, 1.165) is 31.9 Å². The summed E-state index contributed by atoms with van der Waals surface area (Å²) >= 11 is 0. The van der Waals surface area contributed by atoms with Crippen LogP contribution in [-0.2, 0) is 13.0 Å². The Balaban J connectivity index is 1.49. The van der Waals surface area contributed by atoms with E-state index in [1.807, 2.05) is 19.0 Å². The van der Waals surface area contributed by atoms with Crippen molar-refractivity contribution >= 4 is 11.7 Å². The van der Waals surface area contributed by atoms with Gasteiger partial charge in [-0.25, -0.2) is 9.97 Å². The average molecular weight is 353 g/mol. The summed E-state index contributed by atoms with van der Waals surface area (Å²) in [5.74, 6) is 0.955. The van der Waals surface area contributed by atoms with Crippen LogP contribution in [0.15, 0.2) is 36.7 Å². The number of carbonyl (C=O) groups excluding carboxylic acids is 1. The molecule has 3 rings (SSSR count). The highest BCUT2D eigenvalue weighted by Gasteiger charge is 2.18. The minimum atomic E-state index is -0.147. The molecule has 6 nitrogen and oxygen atoms in total. The number of fused-ring (bicyclic) bond motifs is 1. The molecule has 0 spiro atoms. The average Bonchev–Trinajstić information content (AvgIpc) is 2.66. The van der Waals surface area contributed by atoms with E-state index in [4.69, 9.17) is 0 Å². The smallest absolute Gasteiger partial charge is 0.270 e. The largest absolute Gasteiger partial charge is 0.363 e. The Morgan fingerprint density at radius 1 is 1.27 bits per heavy atom. The van der Waals surface area contributed by atoms with Crippen molar-refractivity contribution in [1.82, 2.24) is 20.2 Å².